The summed E-state index contributed by atoms with van der Waals surface area (Å²) < 4.78 is 0. The van der Waals surface area contributed by atoms with Crippen molar-refractivity contribution in [3.63, 3.8) is 0 Å². The van der Waals surface area contributed by atoms with Gasteiger partial charge in [-0.2, -0.15) is 0 Å². The van der Waals surface area contributed by atoms with E-state index in [0.717, 1.165) is 56.9 Å². The van der Waals surface area contributed by atoms with Crippen molar-refractivity contribution >= 4 is 17.5 Å². The minimum atomic E-state index is 0.154. The highest BCUT2D eigenvalue weighted by Gasteiger charge is 2.24. The Balaban J connectivity index is 1.32. The van der Waals surface area contributed by atoms with E-state index in [4.69, 9.17) is 11.6 Å². The number of likely N-dealkylation sites (tertiary alicyclic amines) is 1. The summed E-state index contributed by atoms with van der Waals surface area (Å²) in [4.78, 5) is 14.9. The highest BCUT2D eigenvalue weighted by atomic mass is 35.5. The van der Waals surface area contributed by atoms with Crippen LogP contribution in [-0.4, -0.2) is 30.4 Å². The van der Waals surface area contributed by atoms with Gasteiger partial charge in [-0.1, -0.05) is 61.8 Å². The Morgan fingerprint density at radius 2 is 1.66 bits per heavy atom. The monoisotopic (exact) mass is 412 g/mol. The predicted octanol–water partition coefficient (Wildman–Crippen LogP) is 5.42. The van der Waals surface area contributed by atoms with Crippen LogP contribution in [0.4, 0.5) is 0 Å². The predicted molar refractivity (Wildman–Crippen MR) is 121 cm³/mol. The molecule has 3 nitrogen and oxygen atoms in total. The minimum Gasteiger partial charge on any atom is -0.356 e. The topological polar surface area (TPSA) is 32.3 Å². The smallest absolute Gasteiger partial charge is 0.223 e. The Morgan fingerprint density at radius 1 is 1.03 bits per heavy atom. The zero-order valence-corrected chi connectivity index (χ0v) is 18.4. The number of piperidine rings is 1. The van der Waals surface area contributed by atoms with Gasteiger partial charge in [0.1, 0.15) is 0 Å². The fourth-order valence-electron chi connectivity index (χ4n) is 3.92. The SMILES string of the molecule is CC(C)c1ccc(CCCNC(=O)C2CCN(Cc3ccc(Cl)cc3)CC2)cc1. The molecule has 1 heterocycles. The van der Waals surface area contributed by atoms with E-state index in [-0.39, 0.29) is 11.8 Å². The van der Waals surface area contributed by atoms with Crippen molar-refractivity contribution in [2.45, 2.75) is 52.0 Å². The van der Waals surface area contributed by atoms with Crippen molar-refractivity contribution in [2.75, 3.05) is 19.6 Å². The molecule has 0 saturated carbocycles. The Hall–Kier alpha value is -1.84. The second kappa shape index (κ2) is 10.8. The van der Waals surface area contributed by atoms with Crippen LogP contribution < -0.4 is 5.32 Å². The van der Waals surface area contributed by atoms with E-state index in [1.165, 1.54) is 16.7 Å². The number of carbonyl (C=O) groups is 1. The lowest BCUT2D eigenvalue weighted by atomic mass is 9.95. The maximum absolute atomic E-state index is 12.5. The normalized spacial score (nSPS) is 15.6. The summed E-state index contributed by atoms with van der Waals surface area (Å²) >= 11 is 5.95. The molecule has 0 atom stereocenters. The standard InChI is InChI=1S/C25H33ClN2O/c1-19(2)22-9-5-20(6-10-22)4-3-15-27-25(29)23-13-16-28(17-14-23)18-21-7-11-24(26)12-8-21/h5-12,19,23H,3-4,13-18H2,1-2H3,(H,27,29). The average Bonchev–Trinajstić information content (AvgIpc) is 2.73. The van der Waals surface area contributed by atoms with Gasteiger partial charge >= 0.3 is 0 Å². The molecule has 3 rings (SSSR count). The molecule has 1 fully saturated rings. The van der Waals surface area contributed by atoms with Gasteiger partial charge in [0, 0.05) is 24.0 Å². The number of hydrogen-bond donors (Lipinski definition) is 1. The average molecular weight is 413 g/mol. The lowest BCUT2D eigenvalue weighted by molar-refractivity contribution is -0.126. The van der Waals surface area contributed by atoms with Crippen molar-refractivity contribution in [1.82, 2.24) is 10.2 Å². The first kappa shape index (κ1) is 21.9. The van der Waals surface area contributed by atoms with Crippen LogP contribution in [0, 0.1) is 5.92 Å². The van der Waals surface area contributed by atoms with E-state index >= 15 is 0 Å². The Morgan fingerprint density at radius 3 is 2.28 bits per heavy atom. The van der Waals surface area contributed by atoms with Crippen molar-refractivity contribution in [2.24, 2.45) is 5.92 Å². The van der Waals surface area contributed by atoms with E-state index in [1.54, 1.807) is 0 Å². The highest BCUT2D eigenvalue weighted by Crippen LogP contribution is 2.20. The molecule has 0 bridgehead atoms. The third-order valence-electron chi connectivity index (χ3n) is 5.87. The quantitative estimate of drug-likeness (QED) is 0.586. The van der Waals surface area contributed by atoms with E-state index in [1.807, 2.05) is 12.1 Å². The summed E-state index contributed by atoms with van der Waals surface area (Å²) in [6.45, 7) is 8.07. The number of nitrogens with zero attached hydrogens (tertiary/aromatic N) is 1. The Kier molecular flexibility index (Phi) is 8.14. The fourth-order valence-corrected chi connectivity index (χ4v) is 4.04. The van der Waals surface area contributed by atoms with Crippen LogP contribution in [-0.2, 0) is 17.8 Å². The van der Waals surface area contributed by atoms with Crippen LogP contribution in [0.3, 0.4) is 0 Å². The van der Waals surface area contributed by atoms with Gasteiger partial charge in [0.2, 0.25) is 5.91 Å². The maximum Gasteiger partial charge on any atom is 0.223 e. The van der Waals surface area contributed by atoms with Crippen LogP contribution in [0.5, 0.6) is 0 Å². The van der Waals surface area contributed by atoms with Gasteiger partial charge < -0.3 is 5.32 Å². The molecular formula is C25H33ClN2O. The zero-order valence-electron chi connectivity index (χ0n) is 17.7. The molecule has 1 aliphatic rings. The van der Waals surface area contributed by atoms with E-state index < -0.39 is 0 Å². The van der Waals surface area contributed by atoms with Gasteiger partial charge in [-0.15, -0.1) is 0 Å². The number of aryl methyl sites for hydroxylation is 1. The van der Waals surface area contributed by atoms with Gasteiger partial charge in [0.25, 0.3) is 0 Å². The largest absolute Gasteiger partial charge is 0.356 e. The lowest BCUT2D eigenvalue weighted by Crippen LogP contribution is -2.40. The molecule has 156 valence electrons. The van der Waals surface area contributed by atoms with E-state index in [0.29, 0.717) is 5.92 Å². The van der Waals surface area contributed by atoms with Crippen molar-refractivity contribution < 1.29 is 4.79 Å². The number of carbonyl (C=O) groups excluding carboxylic acids is 1. The van der Waals surface area contributed by atoms with Gasteiger partial charge in [-0.05, 0) is 73.5 Å². The summed E-state index contributed by atoms with van der Waals surface area (Å²) in [5.74, 6) is 0.953. The number of rotatable bonds is 8. The van der Waals surface area contributed by atoms with Crippen molar-refractivity contribution in [3.05, 3.63) is 70.2 Å². The summed E-state index contributed by atoms with van der Waals surface area (Å²) in [5, 5.41) is 3.93. The lowest BCUT2D eigenvalue weighted by Gasteiger charge is -2.31. The second-order valence-electron chi connectivity index (χ2n) is 8.47. The molecule has 1 aliphatic heterocycles. The van der Waals surface area contributed by atoms with Crippen LogP contribution in [0.15, 0.2) is 48.5 Å². The summed E-state index contributed by atoms with van der Waals surface area (Å²) in [6.07, 6.45) is 3.88. The number of nitrogens with one attached hydrogen (secondary N) is 1. The number of halogens is 1. The molecule has 29 heavy (non-hydrogen) atoms. The van der Waals surface area contributed by atoms with Crippen molar-refractivity contribution in [1.29, 1.82) is 0 Å². The second-order valence-corrected chi connectivity index (χ2v) is 8.90. The molecule has 0 unspecified atom stereocenters. The molecule has 0 aromatic heterocycles. The molecule has 0 spiro atoms. The molecule has 4 heteroatoms. The summed E-state index contributed by atoms with van der Waals surface area (Å²) in [5.41, 5.74) is 4.00. The van der Waals surface area contributed by atoms with E-state index in [9.17, 15) is 4.79 Å². The molecule has 0 radical (unpaired) electrons. The van der Waals surface area contributed by atoms with Crippen LogP contribution in [0.2, 0.25) is 5.02 Å². The Bertz CT molecular complexity index is 762. The summed E-state index contributed by atoms with van der Waals surface area (Å²) in [7, 11) is 0. The van der Waals surface area contributed by atoms with Crippen LogP contribution in [0.1, 0.15) is 55.7 Å². The first-order valence-electron chi connectivity index (χ1n) is 10.8. The van der Waals surface area contributed by atoms with Crippen LogP contribution in [0.25, 0.3) is 0 Å². The molecule has 2 aromatic rings. The molecule has 0 aliphatic carbocycles. The van der Waals surface area contributed by atoms with Gasteiger partial charge in [0.15, 0.2) is 0 Å². The van der Waals surface area contributed by atoms with Crippen LogP contribution >= 0.6 is 11.6 Å². The maximum atomic E-state index is 12.5. The Labute approximate surface area is 180 Å². The van der Waals surface area contributed by atoms with Gasteiger partial charge in [0.05, 0.1) is 0 Å². The first-order valence-corrected chi connectivity index (χ1v) is 11.2. The molecule has 1 N–H and O–H groups in total. The van der Waals surface area contributed by atoms with Crippen molar-refractivity contribution in [3.8, 4) is 0 Å². The molecular weight excluding hydrogens is 380 g/mol. The molecule has 2 aromatic carbocycles. The third kappa shape index (κ3) is 6.87. The van der Waals surface area contributed by atoms with E-state index in [2.05, 4.69) is 60.5 Å². The first-order chi connectivity index (χ1) is 14.0. The minimum absolute atomic E-state index is 0.154. The molecule has 1 amide bonds. The molecule has 1 saturated heterocycles. The van der Waals surface area contributed by atoms with Gasteiger partial charge in [-0.3, -0.25) is 9.69 Å². The zero-order chi connectivity index (χ0) is 20.6. The number of benzene rings is 2. The third-order valence-corrected chi connectivity index (χ3v) is 6.12. The number of hydrogen-bond acceptors (Lipinski definition) is 2. The van der Waals surface area contributed by atoms with Gasteiger partial charge in [-0.25, -0.2) is 0 Å². The fraction of sp³-hybridized carbons (Fsp3) is 0.480. The highest BCUT2D eigenvalue weighted by molar-refractivity contribution is 6.30. The number of amides is 1. The summed E-state index contributed by atoms with van der Waals surface area (Å²) in [6, 6.07) is 16.9.